The van der Waals surface area contributed by atoms with Crippen molar-refractivity contribution < 1.29 is 9.59 Å². The molecule has 0 spiro atoms. The third-order valence-corrected chi connectivity index (χ3v) is 2.49. The van der Waals surface area contributed by atoms with Crippen LogP contribution in [0.15, 0.2) is 12.3 Å². The second kappa shape index (κ2) is 4.26. The molecule has 0 bridgehead atoms. The fourth-order valence-electron chi connectivity index (χ4n) is 1.68. The SMILES string of the molecule is NC(=O)c1nccc(C(=O)N2CCCC2)n1. The first kappa shape index (κ1) is 10.5. The fraction of sp³-hybridized carbons (Fsp3) is 0.400. The number of hydrogen-bond donors (Lipinski definition) is 1. The molecule has 1 aliphatic heterocycles. The number of nitrogens with two attached hydrogens (primary N) is 1. The van der Waals surface area contributed by atoms with Gasteiger partial charge in [-0.15, -0.1) is 0 Å². The third-order valence-electron chi connectivity index (χ3n) is 2.49. The Morgan fingerprint density at radius 3 is 2.62 bits per heavy atom. The molecule has 0 unspecified atom stereocenters. The lowest BCUT2D eigenvalue weighted by Crippen LogP contribution is -2.29. The Hall–Kier alpha value is -1.98. The van der Waals surface area contributed by atoms with Gasteiger partial charge < -0.3 is 10.6 Å². The van der Waals surface area contributed by atoms with Crippen LogP contribution in [-0.2, 0) is 0 Å². The average Bonchev–Trinajstić information content (AvgIpc) is 2.81. The van der Waals surface area contributed by atoms with Crippen molar-refractivity contribution in [1.82, 2.24) is 14.9 Å². The van der Waals surface area contributed by atoms with E-state index in [1.807, 2.05) is 0 Å². The predicted octanol–water partition coefficient (Wildman–Crippen LogP) is -0.189. The highest BCUT2D eigenvalue weighted by atomic mass is 16.2. The first-order chi connectivity index (χ1) is 7.68. The number of likely N-dealkylation sites (tertiary alicyclic amines) is 1. The van der Waals surface area contributed by atoms with E-state index in [-0.39, 0.29) is 17.4 Å². The molecule has 0 saturated carbocycles. The molecule has 0 aliphatic carbocycles. The van der Waals surface area contributed by atoms with Gasteiger partial charge in [0.05, 0.1) is 0 Å². The number of amides is 2. The van der Waals surface area contributed by atoms with E-state index in [1.54, 1.807) is 4.90 Å². The summed E-state index contributed by atoms with van der Waals surface area (Å²) in [7, 11) is 0. The number of aromatic nitrogens is 2. The number of primary amides is 1. The number of nitrogens with zero attached hydrogens (tertiary/aromatic N) is 3. The summed E-state index contributed by atoms with van der Waals surface area (Å²) in [4.78, 5) is 32.0. The van der Waals surface area contributed by atoms with Crippen molar-refractivity contribution in [3.8, 4) is 0 Å². The van der Waals surface area contributed by atoms with Crippen molar-refractivity contribution in [1.29, 1.82) is 0 Å². The van der Waals surface area contributed by atoms with Crippen molar-refractivity contribution in [2.45, 2.75) is 12.8 Å². The molecule has 1 aromatic heterocycles. The van der Waals surface area contributed by atoms with Crippen LogP contribution >= 0.6 is 0 Å². The Morgan fingerprint density at radius 1 is 1.31 bits per heavy atom. The van der Waals surface area contributed by atoms with Crippen LogP contribution in [0.2, 0.25) is 0 Å². The van der Waals surface area contributed by atoms with Gasteiger partial charge in [-0.1, -0.05) is 0 Å². The molecule has 2 N–H and O–H groups in total. The van der Waals surface area contributed by atoms with Crippen molar-refractivity contribution in [2.75, 3.05) is 13.1 Å². The Balaban J connectivity index is 2.22. The summed E-state index contributed by atoms with van der Waals surface area (Å²) in [6.07, 6.45) is 3.40. The van der Waals surface area contributed by atoms with Gasteiger partial charge in [-0.2, -0.15) is 0 Å². The molecule has 2 rings (SSSR count). The van der Waals surface area contributed by atoms with E-state index >= 15 is 0 Å². The Labute approximate surface area is 92.5 Å². The highest BCUT2D eigenvalue weighted by Crippen LogP contribution is 2.11. The quantitative estimate of drug-likeness (QED) is 0.748. The van der Waals surface area contributed by atoms with Crippen molar-refractivity contribution >= 4 is 11.8 Å². The summed E-state index contributed by atoms with van der Waals surface area (Å²) >= 11 is 0. The molecule has 1 aliphatic rings. The first-order valence-electron chi connectivity index (χ1n) is 5.10. The van der Waals surface area contributed by atoms with E-state index in [9.17, 15) is 9.59 Å². The highest BCUT2D eigenvalue weighted by molar-refractivity contribution is 5.94. The van der Waals surface area contributed by atoms with Gasteiger partial charge in [0.25, 0.3) is 11.8 Å². The maximum Gasteiger partial charge on any atom is 0.286 e. The molecule has 2 heterocycles. The van der Waals surface area contributed by atoms with Crippen LogP contribution in [0.1, 0.15) is 33.9 Å². The van der Waals surface area contributed by atoms with Gasteiger partial charge in [-0.3, -0.25) is 9.59 Å². The van der Waals surface area contributed by atoms with Crippen molar-refractivity contribution in [3.63, 3.8) is 0 Å². The maximum atomic E-state index is 11.9. The van der Waals surface area contributed by atoms with Gasteiger partial charge in [0.2, 0.25) is 5.82 Å². The molecule has 16 heavy (non-hydrogen) atoms. The van der Waals surface area contributed by atoms with E-state index in [0.717, 1.165) is 25.9 Å². The van der Waals surface area contributed by atoms with Crippen LogP contribution in [0.4, 0.5) is 0 Å². The van der Waals surface area contributed by atoms with Gasteiger partial charge >= 0.3 is 0 Å². The minimum absolute atomic E-state index is 0.120. The summed E-state index contributed by atoms with van der Waals surface area (Å²) in [6, 6.07) is 1.49. The van der Waals surface area contributed by atoms with E-state index in [2.05, 4.69) is 9.97 Å². The number of carbonyl (C=O) groups excluding carboxylic acids is 2. The molecule has 0 aromatic carbocycles. The van der Waals surface area contributed by atoms with Crippen LogP contribution in [0.5, 0.6) is 0 Å². The van der Waals surface area contributed by atoms with Crippen LogP contribution in [0.3, 0.4) is 0 Å². The largest absolute Gasteiger partial charge is 0.363 e. The topological polar surface area (TPSA) is 89.2 Å². The molecule has 1 fully saturated rings. The first-order valence-corrected chi connectivity index (χ1v) is 5.10. The Kier molecular flexibility index (Phi) is 2.80. The van der Waals surface area contributed by atoms with E-state index in [1.165, 1.54) is 12.3 Å². The zero-order chi connectivity index (χ0) is 11.5. The predicted molar refractivity (Wildman–Crippen MR) is 55.7 cm³/mol. The van der Waals surface area contributed by atoms with Gasteiger partial charge in [0.1, 0.15) is 5.69 Å². The summed E-state index contributed by atoms with van der Waals surface area (Å²) in [5.74, 6) is -1.01. The molecule has 6 nitrogen and oxygen atoms in total. The number of hydrogen-bond acceptors (Lipinski definition) is 4. The lowest BCUT2D eigenvalue weighted by molar-refractivity contribution is 0.0786. The van der Waals surface area contributed by atoms with E-state index < -0.39 is 5.91 Å². The monoisotopic (exact) mass is 220 g/mol. The minimum atomic E-state index is -0.726. The molecule has 1 aromatic rings. The van der Waals surface area contributed by atoms with Gasteiger partial charge in [-0.05, 0) is 18.9 Å². The zero-order valence-corrected chi connectivity index (χ0v) is 8.72. The van der Waals surface area contributed by atoms with Crippen LogP contribution in [0.25, 0.3) is 0 Å². The van der Waals surface area contributed by atoms with Gasteiger partial charge in [0, 0.05) is 19.3 Å². The Morgan fingerprint density at radius 2 is 2.00 bits per heavy atom. The smallest absolute Gasteiger partial charge is 0.286 e. The maximum absolute atomic E-state index is 11.9. The summed E-state index contributed by atoms with van der Waals surface area (Å²) in [5, 5.41) is 0. The standard InChI is InChI=1S/C10H12N4O2/c11-8(15)9-12-4-3-7(13-9)10(16)14-5-1-2-6-14/h3-4H,1-2,5-6H2,(H2,11,15). The summed E-state index contributed by atoms with van der Waals surface area (Å²) < 4.78 is 0. The van der Waals surface area contributed by atoms with Gasteiger partial charge in [-0.25, -0.2) is 9.97 Å². The normalized spacial score (nSPS) is 15.1. The van der Waals surface area contributed by atoms with Gasteiger partial charge in [0.15, 0.2) is 0 Å². The van der Waals surface area contributed by atoms with E-state index in [0.29, 0.717) is 0 Å². The number of carbonyl (C=O) groups is 2. The van der Waals surface area contributed by atoms with Crippen LogP contribution < -0.4 is 5.73 Å². The van der Waals surface area contributed by atoms with E-state index in [4.69, 9.17) is 5.73 Å². The molecular formula is C10H12N4O2. The van der Waals surface area contributed by atoms with Crippen LogP contribution in [-0.4, -0.2) is 39.8 Å². The van der Waals surface area contributed by atoms with Crippen molar-refractivity contribution in [2.24, 2.45) is 5.73 Å². The molecule has 1 saturated heterocycles. The lowest BCUT2D eigenvalue weighted by Gasteiger charge is -2.14. The highest BCUT2D eigenvalue weighted by Gasteiger charge is 2.21. The second-order valence-electron chi connectivity index (χ2n) is 3.63. The molecule has 0 atom stereocenters. The molecular weight excluding hydrogens is 208 g/mol. The average molecular weight is 220 g/mol. The van der Waals surface area contributed by atoms with Crippen molar-refractivity contribution in [3.05, 3.63) is 23.8 Å². The summed E-state index contributed by atoms with van der Waals surface area (Å²) in [5.41, 5.74) is 5.27. The minimum Gasteiger partial charge on any atom is -0.363 e. The molecule has 2 amide bonds. The zero-order valence-electron chi connectivity index (χ0n) is 8.72. The second-order valence-corrected chi connectivity index (χ2v) is 3.63. The third kappa shape index (κ3) is 2.00. The number of rotatable bonds is 2. The summed E-state index contributed by atoms with van der Waals surface area (Å²) in [6.45, 7) is 1.49. The molecule has 6 heteroatoms. The fourth-order valence-corrected chi connectivity index (χ4v) is 1.68. The Bertz CT molecular complexity index is 427. The molecule has 0 radical (unpaired) electrons. The molecule has 84 valence electrons. The lowest BCUT2D eigenvalue weighted by atomic mass is 10.3. The van der Waals surface area contributed by atoms with Crippen LogP contribution in [0, 0.1) is 0 Å².